The van der Waals surface area contributed by atoms with Crippen molar-refractivity contribution in [2.24, 2.45) is 11.1 Å². The van der Waals surface area contributed by atoms with Gasteiger partial charge in [-0.3, -0.25) is 4.79 Å². The number of thioether (sulfide) groups is 1. The third kappa shape index (κ3) is 2.60. The molecule has 1 rings (SSSR count). The predicted molar refractivity (Wildman–Crippen MR) is 64.5 cm³/mol. The summed E-state index contributed by atoms with van der Waals surface area (Å²) in [7, 11) is 0. The number of hydrogen-bond acceptors (Lipinski definition) is 3. The highest BCUT2D eigenvalue weighted by Gasteiger charge is 2.52. The van der Waals surface area contributed by atoms with Crippen LogP contribution in [0.25, 0.3) is 0 Å². The minimum Gasteiger partial charge on any atom is -0.392 e. The molecule has 14 heavy (non-hydrogen) atoms. The van der Waals surface area contributed by atoms with Crippen molar-refractivity contribution in [3.63, 3.8) is 0 Å². The van der Waals surface area contributed by atoms with E-state index in [0.717, 1.165) is 31.6 Å². The highest BCUT2D eigenvalue weighted by Crippen LogP contribution is 2.46. The standard InChI is InChI=1S/C9H16N2OS2/c1-14-6-2-5-11-8(12)9(3-4-9)7(10)13/h2-6H2,1H3,(H2,10,13)(H,11,12). The fraction of sp³-hybridized carbons (Fsp3) is 0.778. The molecule has 0 heterocycles. The van der Waals surface area contributed by atoms with Gasteiger partial charge in [-0.25, -0.2) is 0 Å². The highest BCUT2D eigenvalue weighted by molar-refractivity contribution is 7.98. The fourth-order valence-electron chi connectivity index (χ4n) is 1.30. The molecule has 0 radical (unpaired) electrons. The van der Waals surface area contributed by atoms with E-state index in [1.165, 1.54) is 0 Å². The van der Waals surface area contributed by atoms with E-state index in [1.807, 2.05) is 0 Å². The number of carbonyl (C=O) groups is 1. The molecule has 0 atom stereocenters. The topological polar surface area (TPSA) is 55.1 Å². The van der Waals surface area contributed by atoms with Crippen molar-refractivity contribution in [1.82, 2.24) is 5.32 Å². The van der Waals surface area contributed by atoms with Crippen molar-refractivity contribution in [1.29, 1.82) is 0 Å². The van der Waals surface area contributed by atoms with Gasteiger partial charge >= 0.3 is 0 Å². The van der Waals surface area contributed by atoms with E-state index in [-0.39, 0.29) is 5.91 Å². The Bertz CT molecular complexity index is 239. The number of nitrogens with two attached hydrogens (primary N) is 1. The lowest BCUT2D eigenvalue weighted by Gasteiger charge is -2.13. The van der Waals surface area contributed by atoms with E-state index >= 15 is 0 Å². The van der Waals surface area contributed by atoms with Crippen molar-refractivity contribution >= 4 is 34.9 Å². The Morgan fingerprint density at radius 1 is 1.64 bits per heavy atom. The quantitative estimate of drug-likeness (QED) is 0.528. The third-order valence-electron chi connectivity index (χ3n) is 2.47. The molecule has 1 aliphatic rings. The number of hydrogen-bond donors (Lipinski definition) is 2. The summed E-state index contributed by atoms with van der Waals surface area (Å²) in [5.74, 6) is 1.09. The van der Waals surface area contributed by atoms with Crippen LogP contribution in [0.15, 0.2) is 0 Å². The first-order valence-corrected chi connectivity index (χ1v) is 6.51. The Morgan fingerprint density at radius 2 is 2.29 bits per heavy atom. The van der Waals surface area contributed by atoms with Crippen LogP contribution in [0.1, 0.15) is 19.3 Å². The molecule has 1 amide bonds. The van der Waals surface area contributed by atoms with Crippen LogP contribution in [-0.2, 0) is 4.79 Å². The minimum absolute atomic E-state index is 0.0195. The number of rotatable bonds is 6. The molecule has 0 aliphatic heterocycles. The minimum atomic E-state index is -0.491. The van der Waals surface area contributed by atoms with Gasteiger partial charge in [-0.15, -0.1) is 0 Å². The lowest BCUT2D eigenvalue weighted by molar-refractivity contribution is -0.123. The average Bonchev–Trinajstić information content (AvgIpc) is 2.92. The molecule has 3 N–H and O–H groups in total. The zero-order valence-corrected chi connectivity index (χ0v) is 9.97. The Morgan fingerprint density at radius 3 is 2.71 bits per heavy atom. The second kappa shape index (κ2) is 4.98. The SMILES string of the molecule is CSCCCNC(=O)C1(C(N)=S)CC1. The second-order valence-corrected chi connectivity index (χ2v) is 4.97. The normalized spacial score (nSPS) is 17.5. The molecule has 0 aromatic rings. The van der Waals surface area contributed by atoms with E-state index in [2.05, 4.69) is 11.6 Å². The second-order valence-electron chi connectivity index (χ2n) is 3.55. The average molecular weight is 232 g/mol. The van der Waals surface area contributed by atoms with E-state index in [1.54, 1.807) is 11.8 Å². The zero-order valence-electron chi connectivity index (χ0n) is 8.34. The van der Waals surface area contributed by atoms with Crippen molar-refractivity contribution in [2.45, 2.75) is 19.3 Å². The van der Waals surface area contributed by atoms with Gasteiger partial charge in [0.25, 0.3) is 0 Å². The Kier molecular flexibility index (Phi) is 4.19. The van der Waals surface area contributed by atoms with E-state index in [9.17, 15) is 4.79 Å². The van der Waals surface area contributed by atoms with Gasteiger partial charge in [0.15, 0.2) is 0 Å². The van der Waals surface area contributed by atoms with Gasteiger partial charge in [0.1, 0.15) is 0 Å². The van der Waals surface area contributed by atoms with Crippen molar-refractivity contribution in [3.05, 3.63) is 0 Å². The maximum absolute atomic E-state index is 11.6. The molecule has 0 aromatic carbocycles. The molecule has 5 heteroatoms. The van der Waals surface area contributed by atoms with Gasteiger partial charge in [-0.1, -0.05) is 12.2 Å². The van der Waals surface area contributed by atoms with Crippen LogP contribution in [0.3, 0.4) is 0 Å². The molecule has 1 aliphatic carbocycles. The lowest BCUT2D eigenvalue weighted by atomic mass is 10.1. The summed E-state index contributed by atoms with van der Waals surface area (Å²) in [6.45, 7) is 0.726. The van der Waals surface area contributed by atoms with E-state index in [0.29, 0.717) is 4.99 Å². The molecule has 0 saturated heterocycles. The molecule has 0 aromatic heterocycles. The van der Waals surface area contributed by atoms with Crippen LogP contribution >= 0.6 is 24.0 Å². The number of thiocarbonyl (C=S) groups is 1. The molecule has 80 valence electrons. The van der Waals surface area contributed by atoms with Gasteiger partial charge in [-0.2, -0.15) is 11.8 Å². The molecule has 0 unspecified atom stereocenters. The monoisotopic (exact) mass is 232 g/mol. The molecule has 1 fully saturated rings. The fourth-order valence-corrected chi connectivity index (χ4v) is 2.03. The summed E-state index contributed by atoms with van der Waals surface area (Å²) in [5.41, 5.74) is 5.04. The zero-order chi connectivity index (χ0) is 10.6. The lowest BCUT2D eigenvalue weighted by Crippen LogP contribution is -2.40. The summed E-state index contributed by atoms with van der Waals surface area (Å²) in [6, 6.07) is 0. The predicted octanol–water partition coefficient (Wildman–Crippen LogP) is 0.922. The molecular weight excluding hydrogens is 216 g/mol. The van der Waals surface area contributed by atoms with Gasteiger partial charge < -0.3 is 11.1 Å². The van der Waals surface area contributed by atoms with Crippen LogP contribution in [-0.4, -0.2) is 29.4 Å². The van der Waals surface area contributed by atoms with Crippen LogP contribution in [0.4, 0.5) is 0 Å². The molecular formula is C9H16N2OS2. The van der Waals surface area contributed by atoms with Crippen LogP contribution < -0.4 is 11.1 Å². The van der Waals surface area contributed by atoms with Gasteiger partial charge in [0, 0.05) is 6.54 Å². The Balaban J connectivity index is 2.25. The summed E-state index contributed by atoms with van der Waals surface area (Å²) in [4.78, 5) is 12.0. The maximum atomic E-state index is 11.6. The first-order chi connectivity index (χ1) is 6.63. The van der Waals surface area contributed by atoms with Crippen LogP contribution in [0, 0.1) is 5.41 Å². The van der Waals surface area contributed by atoms with E-state index in [4.69, 9.17) is 18.0 Å². The summed E-state index contributed by atoms with van der Waals surface area (Å²) in [5, 5.41) is 2.88. The number of amides is 1. The van der Waals surface area contributed by atoms with E-state index < -0.39 is 5.41 Å². The molecule has 1 saturated carbocycles. The van der Waals surface area contributed by atoms with Crippen molar-refractivity contribution in [3.8, 4) is 0 Å². The van der Waals surface area contributed by atoms with Crippen LogP contribution in [0.2, 0.25) is 0 Å². The maximum Gasteiger partial charge on any atom is 0.233 e. The smallest absolute Gasteiger partial charge is 0.233 e. The molecule has 3 nitrogen and oxygen atoms in total. The van der Waals surface area contributed by atoms with Crippen molar-refractivity contribution in [2.75, 3.05) is 18.6 Å². The Hall–Kier alpha value is -0.290. The summed E-state index contributed by atoms with van der Waals surface area (Å²) < 4.78 is 0. The van der Waals surface area contributed by atoms with Gasteiger partial charge in [-0.05, 0) is 31.3 Å². The van der Waals surface area contributed by atoms with Crippen LogP contribution in [0.5, 0.6) is 0 Å². The summed E-state index contributed by atoms with van der Waals surface area (Å²) >= 11 is 6.67. The first-order valence-electron chi connectivity index (χ1n) is 4.70. The van der Waals surface area contributed by atoms with Gasteiger partial charge in [0.2, 0.25) is 5.91 Å². The van der Waals surface area contributed by atoms with Gasteiger partial charge in [0.05, 0.1) is 10.4 Å². The third-order valence-corrected chi connectivity index (χ3v) is 3.55. The Labute approximate surface area is 94.2 Å². The van der Waals surface area contributed by atoms with Crippen molar-refractivity contribution < 1.29 is 4.79 Å². The highest BCUT2D eigenvalue weighted by atomic mass is 32.2. The summed E-state index contributed by atoms with van der Waals surface area (Å²) in [6.07, 6.45) is 4.69. The first kappa shape index (κ1) is 11.8. The molecule has 0 bridgehead atoms. The largest absolute Gasteiger partial charge is 0.392 e. The number of carbonyl (C=O) groups excluding carboxylic acids is 1. The number of nitrogens with one attached hydrogen (secondary N) is 1. The molecule has 0 spiro atoms.